The van der Waals surface area contributed by atoms with Crippen molar-refractivity contribution < 1.29 is 4.79 Å². The lowest BCUT2D eigenvalue weighted by Gasteiger charge is -2.30. The molecule has 0 aromatic heterocycles. The smallest absolute Gasteiger partial charge is 0.222 e. The van der Waals surface area contributed by atoms with E-state index in [1.54, 1.807) is 0 Å². The molecule has 0 saturated carbocycles. The van der Waals surface area contributed by atoms with Crippen molar-refractivity contribution >= 4 is 5.91 Å². The fourth-order valence-corrected chi connectivity index (χ4v) is 2.17. The van der Waals surface area contributed by atoms with Gasteiger partial charge in [0.05, 0.1) is 0 Å². The lowest BCUT2D eigenvalue weighted by molar-refractivity contribution is -0.132. The van der Waals surface area contributed by atoms with Crippen molar-refractivity contribution in [3.05, 3.63) is 0 Å². The summed E-state index contributed by atoms with van der Waals surface area (Å²) in [6.07, 6.45) is 6.51. The number of carbonyl (C=O) groups excluding carboxylic acids is 1. The van der Waals surface area contributed by atoms with Crippen LogP contribution in [0.15, 0.2) is 0 Å². The topological polar surface area (TPSA) is 32.3 Å². The average molecular weight is 226 g/mol. The van der Waals surface area contributed by atoms with Crippen LogP contribution in [0.25, 0.3) is 0 Å². The molecule has 1 saturated heterocycles. The SMILES string of the molecule is CNCCCCCC(=O)N1CCC(C)CC1. The van der Waals surface area contributed by atoms with Crippen molar-refractivity contribution in [2.24, 2.45) is 5.92 Å². The summed E-state index contributed by atoms with van der Waals surface area (Å²) in [4.78, 5) is 13.9. The van der Waals surface area contributed by atoms with Crippen LogP contribution in [0.3, 0.4) is 0 Å². The zero-order valence-electron chi connectivity index (χ0n) is 10.8. The highest BCUT2D eigenvalue weighted by atomic mass is 16.2. The first kappa shape index (κ1) is 13.5. The minimum Gasteiger partial charge on any atom is -0.343 e. The Balaban J connectivity index is 2.06. The van der Waals surface area contributed by atoms with Gasteiger partial charge in [0.15, 0.2) is 0 Å². The van der Waals surface area contributed by atoms with Gasteiger partial charge in [-0.1, -0.05) is 13.3 Å². The van der Waals surface area contributed by atoms with E-state index < -0.39 is 0 Å². The monoisotopic (exact) mass is 226 g/mol. The molecule has 1 aliphatic heterocycles. The van der Waals surface area contributed by atoms with Gasteiger partial charge in [-0.25, -0.2) is 0 Å². The maximum Gasteiger partial charge on any atom is 0.222 e. The molecule has 0 aliphatic carbocycles. The number of nitrogens with one attached hydrogen (secondary N) is 1. The van der Waals surface area contributed by atoms with Gasteiger partial charge in [-0.05, 0) is 45.2 Å². The summed E-state index contributed by atoms with van der Waals surface area (Å²) in [7, 11) is 1.97. The fraction of sp³-hybridized carbons (Fsp3) is 0.923. The van der Waals surface area contributed by atoms with Crippen LogP contribution in [0, 0.1) is 5.92 Å². The number of rotatable bonds is 6. The number of carbonyl (C=O) groups is 1. The van der Waals surface area contributed by atoms with Crippen LogP contribution in [0.5, 0.6) is 0 Å². The third-order valence-electron chi connectivity index (χ3n) is 3.45. The molecule has 0 radical (unpaired) electrons. The number of hydrogen-bond acceptors (Lipinski definition) is 2. The molecule has 94 valence electrons. The summed E-state index contributed by atoms with van der Waals surface area (Å²) in [6.45, 7) is 5.31. The molecule has 1 heterocycles. The Morgan fingerprint density at radius 1 is 1.25 bits per heavy atom. The van der Waals surface area contributed by atoms with Crippen molar-refractivity contribution in [2.75, 3.05) is 26.7 Å². The first-order valence-corrected chi connectivity index (χ1v) is 6.66. The molecule has 0 atom stereocenters. The van der Waals surface area contributed by atoms with Crippen molar-refractivity contribution in [1.82, 2.24) is 10.2 Å². The lowest BCUT2D eigenvalue weighted by atomic mass is 9.99. The third kappa shape index (κ3) is 4.97. The minimum atomic E-state index is 0.372. The maximum atomic E-state index is 11.8. The molecule has 1 rings (SSSR count). The predicted octanol–water partition coefficient (Wildman–Crippen LogP) is 2.02. The Morgan fingerprint density at radius 3 is 2.56 bits per heavy atom. The van der Waals surface area contributed by atoms with E-state index in [4.69, 9.17) is 0 Å². The highest BCUT2D eigenvalue weighted by molar-refractivity contribution is 5.76. The second-order valence-electron chi connectivity index (χ2n) is 4.98. The average Bonchev–Trinajstić information content (AvgIpc) is 2.29. The van der Waals surface area contributed by atoms with Crippen LogP contribution >= 0.6 is 0 Å². The van der Waals surface area contributed by atoms with Gasteiger partial charge in [-0.2, -0.15) is 0 Å². The summed E-state index contributed by atoms with van der Waals surface area (Å²) in [5.74, 6) is 1.18. The van der Waals surface area contributed by atoms with Gasteiger partial charge in [0.25, 0.3) is 0 Å². The molecule has 1 aliphatic rings. The first-order chi connectivity index (χ1) is 7.74. The number of nitrogens with zero attached hydrogens (tertiary/aromatic N) is 1. The second kappa shape index (κ2) is 7.66. The Kier molecular flexibility index (Phi) is 6.46. The van der Waals surface area contributed by atoms with E-state index in [0.717, 1.165) is 44.8 Å². The fourth-order valence-electron chi connectivity index (χ4n) is 2.17. The van der Waals surface area contributed by atoms with E-state index >= 15 is 0 Å². The van der Waals surface area contributed by atoms with Crippen LogP contribution in [0.2, 0.25) is 0 Å². The summed E-state index contributed by atoms with van der Waals surface area (Å²) in [5, 5.41) is 3.13. The van der Waals surface area contributed by atoms with E-state index in [1.165, 1.54) is 19.3 Å². The van der Waals surface area contributed by atoms with Gasteiger partial charge in [0.1, 0.15) is 0 Å². The molecule has 0 aromatic rings. The number of unbranched alkanes of at least 4 members (excludes halogenated alkanes) is 2. The van der Waals surface area contributed by atoms with Crippen molar-refractivity contribution in [1.29, 1.82) is 0 Å². The molecule has 0 bridgehead atoms. The quantitative estimate of drug-likeness (QED) is 0.703. The van der Waals surface area contributed by atoms with Gasteiger partial charge in [-0.15, -0.1) is 0 Å². The van der Waals surface area contributed by atoms with Crippen LogP contribution in [-0.4, -0.2) is 37.5 Å². The summed E-state index contributed by atoms with van der Waals surface area (Å²) >= 11 is 0. The van der Waals surface area contributed by atoms with Gasteiger partial charge in [-0.3, -0.25) is 4.79 Å². The van der Waals surface area contributed by atoms with Crippen molar-refractivity contribution in [2.45, 2.75) is 45.4 Å². The Morgan fingerprint density at radius 2 is 1.94 bits per heavy atom. The van der Waals surface area contributed by atoms with E-state index in [0.29, 0.717) is 5.91 Å². The first-order valence-electron chi connectivity index (χ1n) is 6.66. The number of likely N-dealkylation sites (tertiary alicyclic amines) is 1. The van der Waals surface area contributed by atoms with Gasteiger partial charge in [0.2, 0.25) is 5.91 Å². The molecule has 0 aromatic carbocycles. The molecule has 0 spiro atoms. The Labute approximate surface area is 99.6 Å². The summed E-state index contributed by atoms with van der Waals surface area (Å²) in [5.41, 5.74) is 0. The molecule has 1 fully saturated rings. The van der Waals surface area contributed by atoms with E-state index in [9.17, 15) is 4.79 Å². The molecular weight excluding hydrogens is 200 g/mol. The number of hydrogen-bond donors (Lipinski definition) is 1. The summed E-state index contributed by atoms with van der Waals surface area (Å²) in [6, 6.07) is 0. The molecule has 1 N–H and O–H groups in total. The molecule has 3 heteroatoms. The van der Waals surface area contributed by atoms with Gasteiger partial charge >= 0.3 is 0 Å². The molecule has 0 unspecified atom stereocenters. The van der Waals surface area contributed by atoms with Crippen LogP contribution < -0.4 is 5.32 Å². The normalized spacial score (nSPS) is 17.8. The Hall–Kier alpha value is -0.570. The van der Waals surface area contributed by atoms with Crippen LogP contribution in [0.1, 0.15) is 45.4 Å². The third-order valence-corrected chi connectivity index (χ3v) is 3.45. The molecular formula is C13H26N2O. The summed E-state index contributed by atoms with van der Waals surface area (Å²) < 4.78 is 0. The maximum absolute atomic E-state index is 11.8. The van der Waals surface area contributed by atoms with E-state index in [-0.39, 0.29) is 0 Å². The zero-order chi connectivity index (χ0) is 11.8. The zero-order valence-corrected chi connectivity index (χ0v) is 10.8. The molecule has 1 amide bonds. The molecule has 16 heavy (non-hydrogen) atoms. The standard InChI is InChI=1S/C13H26N2O/c1-12-7-10-15(11-8-12)13(16)6-4-3-5-9-14-2/h12,14H,3-11H2,1-2H3. The van der Waals surface area contributed by atoms with E-state index in [2.05, 4.69) is 17.1 Å². The van der Waals surface area contributed by atoms with Crippen molar-refractivity contribution in [3.63, 3.8) is 0 Å². The van der Waals surface area contributed by atoms with Crippen LogP contribution in [-0.2, 0) is 4.79 Å². The van der Waals surface area contributed by atoms with E-state index in [1.807, 2.05) is 7.05 Å². The van der Waals surface area contributed by atoms with Gasteiger partial charge < -0.3 is 10.2 Å². The minimum absolute atomic E-state index is 0.372. The number of amides is 1. The lowest BCUT2D eigenvalue weighted by Crippen LogP contribution is -2.37. The second-order valence-corrected chi connectivity index (χ2v) is 4.98. The number of piperidine rings is 1. The largest absolute Gasteiger partial charge is 0.343 e. The predicted molar refractivity (Wildman–Crippen MR) is 67.4 cm³/mol. The Bertz CT molecular complexity index is 198. The van der Waals surface area contributed by atoms with Gasteiger partial charge in [0, 0.05) is 19.5 Å². The highest BCUT2D eigenvalue weighted by Crippen LogP contribution is 2.17. The highest BCUT2D eigenvalue weighted by Gasteiger charge is 2.19. The van der Waals surface area contributed by atoms with Crippen molar-refractivity contribution in [3.8, 4) is 0 Å². The van der Waals surface area contributed by atoms with Crippen LogP contribution in [0.4, 0.5) is 0 Å². The molecule has 3 nitrogen and oxygen atoms in total.